The highest BCUT2D eigenvalue weighted by molar-refractivity contribution is 7.51. The summed E-state index contributed by atoms with van der Waals surface area (Å²) in [6.07, 6.45) is -4.52. The molecule has 0 aliphatic heterocycles. The Morgan fingerprint density at radius 2 is 0.692 bits per heavy atom. The number of hydrogen-bond donors (Lipinski definition) is 8. The van der Waals surface area contributed by atoms with Crippen LogP contribution in [-0.2, 0) is 18.3 Å². The van der Waals surface area contributed by atoms with E-state index in [1.54, 1.807) is 0 Å². The minimum Gasteiger partial charge on any atom is -0.775 e. The maximum Gasteiger partial charge on any atom is 0.187 e. The molecule has 0 aromatic heterocycles. The molecule has 0 aliphatic rings. The predicted molar refractivity (Wildman–Crippen MR) is 82.4 cm³/mol. The summed E-state index contributed by atoms with van der Waals surface area (Å²) in [7, 11) is -19.8. The Kier molecular flexibility index (Phi) is 13.7. The minimum atomic E-state index is -4.95. The first kappa shape index (κ1) is 31.1. The standard InChI is InChI=1S/C6H20N2O12P4.2H3N/c9-21(10,11)3-7(4-22(12,13)14)1-2-8(5-23(15,16)17)6-24(18,19)20;;/h1-6H2,(H2,9,10,11)(H2,12,13,14)(H2,15,16,17)(H2,18,19,20);2*1H3. The van der Waals surface area contributed by atoms with Gasteiger partial charge in [-0.15, -0.1) is 0 Å². The van der Waals surface area contributed by atoms with Crippen molar-refractivity contribution in [2.45, 2.75) is 0 Å². The molecule has 0 radical (unpaired) electrons. The lowest BCUT2D eigenvalue weighted by atomic mass is 10.5. The molecule has 0 rings (SSSR count). The largest absolute Gasteiger partial charge is 0.775 e. The highest BCUT2D eigenvalue weighted by Crippen LogP contribution is 2.29. The van der Waals surface area contributed by atoms with Crippen LogP contribution in [0.15, 0.2) is 0 Å². The Bertz CT molecular complexity index is 493. The fraction of sp³-hybridized carbons (Fsp3) is 1.00. The van der Waals surface area contributed by atoms with E-state index in [1.807, 2.05) is 0 Å². The molecular formula is C6H26N4O12P4. The third-order valence-electron chi connectivity index (χ3n) is 2.53. The van der Waals surface area contributed by atoms with Crippen LogP contribution in [0.4, 0.5) is 0 Å². The van der Waals surface area contributed by atoms with E-state index in [0.29, 0.717) is 0 Å². The van der Waals surface area contributed by atoms with Gasteiger partial charge in [0.1, 0.15) is 38.2 Å². The SMILES string of the molecule is O=P([O-])(O)C[NH+](CC[NH+](CP(=O)([O-])O)CP(=O)([O-])O)CP(=O)([O-])O.[NH4+].[NH4+]. The number of quaternary nitrogens is 4. The average Bonchev–Trinajstić information content (AvgIpc) is 2.16. The first-order valence-electron chi connectivity index (χ1n) is 6.15. The lowest BCUT2D eigenvalue weighted by molar-refractivity contribution is -0.939. The molecule has 0 aromatic rings. The van der Waals surface area contributed by atoms with Gasteiger partial charge in [0, 0.05) is 0 Å². The molecule has 16 nitrogen and oxygen atoms in total. The van der Waals surface area contributed by atoms with Crippen molar-refractivity contribution in [1.29, 1.82) is 0 Å². The zero-order valence-corrected chi connectivity index (χ0v) is 17.7. The minimum absolute atomic E-state index is 0. The molecule has 0 amide bonds. The zero-order valence-electron chi connectivity index (χ0n) is 14.1. The van der Waals surface area contributed by atoms with Crippen LogP contribution in [0, 0.1) is 0 Å². The smallest absolute Gasteiger partial charge is 0.187 e. The summed E-state index contributed by atoms with van der Waals surface area (Å²) in [5.74, 6) is 0. The molecule has 0 saturated carbocycles. The van der Waals surface area contributed by atoms with E-state index < -0.39 is 78.4 Å². The second kappa shape index (κ2) is 11.4. The Labute approximate surface area is 149 Å². The van der Waals surface area contributed by atoms with Gasteiger partial charge in [0.25, 0.3) is 0 Å². The Balaban J connectivity index is -0.00000264. The van der Waals surface area contributed by atoms with Gasteiger partial charge in [0.2, 0.25) is 0 Å². The van der Waals surface area contributed by atoms with Crippen molar-refractivity contribution in [3.8, 4) is 0 Å². The fourth-order valence-electron chi connectivity index (χ4n) is 1.90. The van der Waals surface area contributed by atoms with Crippen molar-refractivity contribution in [2.75, 3.05) is 38.2 Å². The quantitative estimate of drug-likeness (QED) is 0.131. The fourth-order valence-corrected chi connectivity index (χ4v) is 5.59. The topological polar surface area (TPSA) is 323 Å². The van der Waals surface area contributed by atoms with Gasteiger partial charge in [-0.05, 0) is 0 Å². The van der Waals surface area contributed by atoms with Gasteiger partial charge in [0.05, 0.1) is 0 Å². The van der Waals surface area contributed by atoms with Crippen molar-refractivity contribution >= 4 is 30.4 Å². The first-order chi connectivity index (χ1) is 10.4. The molecule has 0 bridgehead atoms. The van der Waals surface area contributed by atoms with E-state index in [0.717, 1.165) is 0 Å². The van der Waals surface area contributed by atoms with Gasteiger partial charge >= 0.3 is 0 Å². The normalized spacial score (nSPS) is 22.9. The predicted octanol–water partition coefficient (Wildman–Crippen LogP) is -6.48. The molecule has 26 heavy (non-hydrogen) atoms. The molecule has 0 heterocycles. The average molecular weight is 470 g/mol. The van der Waals surface area contributed by atoms with Gasteiger partial charge in [-0.2, -0.15) is 0 Å². The van der Waals surface area contributed by atoms with Gasteiger partial charge < -0.3 is 79.5 Å². The highest BCUT2D eigenvalue weighted by Gasteiger charge is 2.25. The van der Waals surface area contributed by atoms with Crippen LogP contribution >= 0.6 is 30.4 Å². The van der Waals surface area contributed by atoms with Crippen molar-refractivity contribution in [2.24, 2.45) is 0 Å². The zero-order chi connectivity index (χ0) is 19.4. The van der Waals surface area contributed by atoms with Crippen LogP contribution in [0.2, 0.25) is 0 Å². The summed E-state index contributed by atoms with van der Waals surface area (Å²) in [6, 6.07) is 0. The molecule has 4 atom stereocenters. The van der Waals surface area contributed by atoms with Crippen LogP contribution < -0.4 is 41.7 Å². The van der Waals surface area contributed by atoms with E-state index >= 15 is 0 Å². The van der Waals surface area contributed by atoms with E-state index in [4.69, 9.17) is 19.6 Å². The Hall–Kier alpha value is 0.440. The van der Waals surface area contributed by atoms with Gasteiger partial charge in [0.15, 0.2) is 30.4 Å². The van der Waals surface area contributed by atoms with Crippen molar-refractivity contribution in [3.63, 3.8) is 0 Å². The molecule has 162 valence electrons. The molecule has 14 N–H and O–H groups in total. The van der Waals surface area contributed by atoms with Gasteiger partial charge in [-0.1, -0.05) is 0 Å². The summed E-state index contributed by atoms with van der Waals surface area (Å²) in [5.41, 5.74) is 0. The number of rotatable bonds is 11. The monoisotopic (exact) mass is 470 g/mol. The van der Waals surface area contributed by atoms with Crippen molar-refractivity contribution in [1.82, 2.24) is 12.3 Å². The molecule has 0 aromatic carbocycles. The second-order valence-corrected chi connectivity index (χ2v) is 11.5. The molecular weight excluding hydrogens is 444 g/mol. The third-order valence-corrected chi connectivity index (χ3v) is 5.91. The second-order valence-electron chi connectivity index (χ2n) is 5.18. The van der Waals surface area contributed by atoms with Crippen LogP contribution in [-0.4, -0.2) is 57.8 Å². The molecule has 4 unspecified atom stereocenters. The van der Waals surface area contributed by atoms with Crippen LogP contribution in [0.25, 0.3) is 0 Å². The van der Waals surface area contributed by atoms with Crippen molar-refractivity contribution in [3.05, 3.63) is 0 Å². The maximum absolute atomic E-state index is 10.8. The summed E-state index contributed by atoms with van der Waals surface area (Å²) in [6.45, 7) is -1.04. The third kappa shape index (κ3) is 20.7. The van der Waals surface area contributed by atoms with Gasteiger partial charge in [-0.25, -0.2) is 0 Å². The molecule has 0 aliphatic carbocycles. The molecule has 20 heteroatoms. The van der Waals surface area contributed by atoms with E-state index in [-0.39, 0.29) is 12.3 Å². The summed E-state index contributed by atoms with van der Waals surface area (Å²) >= 11 is 0. The molecule has 0 saturated heterocycles. The molecule has 0 spiro atoms. The first-order valence-corrected chi connectivity index (χ1v) is 13.2. The van der Waals surface area contributed by atoms with Crippen LogP contribution in [0.5, 0.6) is 0 Å². The van der Waals surface area contributed by atoms with Crippen LogP contribution in [0.1, 0.15) is 0 Å². The lowest BCUT2D eigenvalue weighted by Crippen LogP contribution is -3.20. The van der Waals surface area contributed by atoms with Crippen molar-refractivity contribution < 1.29 is 67.2 Å². The summed E-state index contributed by atoms with van der Waals surface area (Å²) < 4.78 is 43.4. The highest BCUT2D eigenvalue weighted by atomic mass is 31.2. The van der Waals surface area contributed by atoms with E-state index in [1.165, 1.54) is 0 Å². The Morgan fingerprint density at radius 3 is 0.808 bits per heavy atom. The van der Waals surface area contributed by atoms with Gasteiger partial charge in [-0.3, -0.25) is 0 Å². The van der Waals surface area contributed by atoms with Crippen LogP contribution in [0.3, 0.4) is 0 Å². The lowest BCUT2D eigenvalue weighted by Gasteiger charge is -2.31. The summed E-state index contributed by atoms with van der Waals surface area (Å²) in [5, 5.41) is 0. The van der Waals surface area contributed by atoms with E-state index in [9.17, 15) is 37.8 Å². The molecule has 0 fully saturated rings. The number of nitrogens with one attached hydrogen (secondary N) is 2. The maximum atomic E-state index is 10.8. The number of hydrogen-bond acceptors (Lipinski definition) is 8. The van der Waals surface area contributed by atoms with E-state index in [2.05, 4.69) is 0 Å². The Morgan fingerprint density at radius 1 is 0.538 bits per heavy atom. The summed E-state index contributed by atoms with van der Waals surface area (Å²) in [4.78, 5) is 77.5.